The van der Waals surface area contributed by atoms with Crippen LogP contribution in [-0.4, -0.2) is 52.9 Å². The Hall–Kier alpha value is -4.48. The molecule has 0 aliphatic carbocycles. The van der Waals surface area contributed by atoms with E-state index in [4.69, 9.17) is 14.6 Å². The molecule has 37 heavy (non-hydrogen) atoms. The van der Waals surface area contributed by atoms with Crippen LogP contribution in [0.1, 0.15) is 25.0 Å². The topological polar surface area (TPSA) is 97.5 Å². The third kappa shape index (κ3) is 4.46. The summed E-state index contributed by atoms with van der Waals surface area (Å²) in [5.41, 5.74) is 4.79. The van der Waals surface area contributed by atoms with Crippen LogP contribution in [-0.2, 0) is 20.7 Å². The second-order valence-electron chi connectivity index (χ2n) is 9.09. The van der Waals surface area contributed by atoms with Crippen LogP contribution < -0.4 is 4.74 Å². The number of imide groups is 1. The van der Waals surface area contributed by atoms with Crippen LogP contribution >= 0.6 is 0 Å². The van der Waals surface area contributed by atoms with Crippen LogP contribution in [0.15, 0.2) is 71.4 Å². The zero-order valence-corrected chi connectivity index (χ0v) is 20.9. The quantitative estimate of drug-likeness (QED) is 0.378. The fourth-order valence-corrected chi connectivity index (χ4v) is 4.67. The maximum absolute atomic E-state index is 13.4. The zero-order valence-electron chi connectivity index (χ0n) is 20.9. The van der Waals surface area contributed by atoms with E-state index in [1.54, 1.807) is 17.7 Å². The van der Waals surface area contributed by atoms with E-state index in [1.165, 1.54) is 7.11 Å². The Balaban J connectivity index is 1.67. The Morgan fingerprint density at radius 1 is 1.19 bits per heavy atom. The summed E-state index contributed by atoms with van der Waals surface area (Å²) >= 11 is 0. The molecule has 2 aliphatic rings. The van der Waals surface area contributed by atoms with Crippen molar-refractivity contribution in [1.29, 1.82) is 5.26 Å². The molecule has 1 atom stereocenters. The molecule has 1 unspecified atom stereocenters. The number of benzene rings is 2. The minimum Gasteiger partial charge on any atom is -0.490 e. The Morgan fingerprint density at radius 3 is 2.70 bits per heavy atom. The van der Waals surface area contributed by atoms with Gasteiger partial charge in [0.1, 0.15) is 23.5 Å². The molecule has 186 valence electrons. The lowest BCUT2D eigenvalue weighted by atomic mass is 9.93. The minimum atomic E-state index is -0.604. The lowest BCUT2D eigenvalue weighted by Crippen LogP contribution is -2.44. The summed E-state index contributed by atoms with van der Waals surface area (Å²) in [4.78, 5) is 27.3. The van der Waals surface area contributed by atoms with Crippen LogP contribution in [0.2, 0.25) is 0 Å². The maximum Gasteiger partial charge on any atom is 0.271 e. The summed E-state index contributed by atoms with van der Waals surface area (Å²) in [7, 11) is 1.49. The highest BCUT2D eigenvalue weighted by Gasteiger charge is 2.35. The van der Waals surface area contributed by atoms with Gasteiger partial charge in [0.2, 0.25) is 0 Å². The van der Waals surface area contributed by atoms with Gasteiger partial charge in [0.25, 0.3) is 11.8 Å². The van der Waals surface area contributed by atoms with E-state index in [1.807, 2.05) is 61.7 Å². The summed E-state index contributed by atoms with van der Waals surface area (Å²) in [6, 6.07) is 17.6. The third-order valence-corrected chi connectivity index (χ3v) is 6.58. The number of aromatic nitrogens is 2. The molecule has 0 fully saturated rings. The van der Waals surface area contributed by atoms with E-state index in [0.29, 0.717) is 16.8 Å². The second kappa shape index (κ2) is 9.88. The van der Waals surface area contributed by atoms with Crippen molar-refractivity contribution in [2.45, 2.75) is 26.4 Å². The smallest absolute Gasteiger partial charge is 0.271 e. The largest absolute Gasteiger partial charge is 0.490 e. The van der Waals surface area contributed by atoms with Crippen molar-refractivity contribution in [2.24, 2.45) is 0 Å². The third-order valence-electron chi connectivity index (χ3n) is 6.58. The number of methoxy groups -OCH3 is 1. The van der Waals surface area contributed by atoms with Crippen molar-refractivity contribution in [3.63, 3.8) is 0 Å². The summed E-state index contributed by atoms with van der Waals surface area (Å²) in [6.07, 6.45) is 4.49. The Kier molecular flexibility index (Phi) is 6.47. The van der Waals surface area contributed by atoms with Gasteiger partial charge in [-0.15, -0.1) is 0 Å². The number of nitriles is 1. The van der Waals surface area contributed by atoms with Crippen molar-refractivity contribution in [3.05, 3.63) is 82.6 Å². The lowest BCUT2D eigenvalue weighted by Gasteiger charge is -2.27. The van der Waals surface area contributed by atoms with Crippen LogP contribution in [0.5, 0.6) is 5.75 Å². The number of carbonyl (C=O) groups excluding carboxylic acids is 2. The molecule has 2 aromatic carbocycles. The van der Waals surface area contributed by atoms with Crippen molar-refractivity contribution < 1.29 is 19.1 Å². The summed E-state index contributed by atoms with van der Waals surface area (Å²) in [5, 5.41) is 14.6. The predicted octanol–water partition coefficient (Wildman–Crippen LogP) is 4.10. The Morgan fingerprint density at radius 2 is 1.97 bits per heavy atom. The number of rotatable bonds is 6. The normalized spacial score (nSPS) is 18.3. The van der Waals surface area contributed by atoms with Gasteiger partial charge in [-0.3, -0.25) is 14.5 Å². The molecule has 0 N–H and O–H groups in total. The average Bonchev–Trinajstić information content (AvgIpc) is 3.49. The molecule has 2 aliphatic heterocycles. The van der Waals surface area contributed by atoms with E-state index in [2.05, 4.69) is 6.07 Å². The molecule has 0 saturated heterocycles. The highest BCUT2D eigenvalue weighted by atomic mass is 16.5. The maximum atomic E-state index is 13.4. The number of hydrogen-bond donors (Lipinski definition) is 0. The van der Waals surface area contributed by atoms with Crippen molar-refractivity contribution in [2.75, 3.05) is 20.3 Å². The first-order valence-electron chi connectivity index (χ1n) is 12.0. The molecule has 0 spiro atoms. The van der Waals surface area contributed by atoms with Gasteiger partial charge >= 0.3 is 0 Å². The summed E-state index contributed by atoms with van der Waals surface area (Å²) < 4.78 is 12.7. The molecular weight excluding hydrogens is 468 g/mol. The highest BCUT2D eigenvalue weighted by molar-refractivity contribution is 6.19. The van der Waals surface area contributed by atoms with Gasteiger partial charge in [-0.05, 0) is 61.4 Å². The van der Waals surface area contributed by atoms with Crippen molar-refractivity contribution >= 4 is 17.9 Å². The first kappa shape index (κ1) is 24.2. The molecule has 8 heteroatoms. The van der Waals surface area contributed by atoms with E-state index in [0.717, 1.165) is 33.9 Å². The minimum absolute atomic E-state index is 0.0531. The molecule has 3 aromatic rings. The molecular formula is C29H26N4O4. The molecule has 8 nitrogen and oxygen atoms in total. The van der Waals surface area contributed by atoms with Crippen LogP contribution in [0.3, 0.4) is 0 Å². The number of fused-ring (bicyclic) bond motifs is 1. The van der Waals surface area contributed by atoms with Crippen molar-refractivity contribution in [3.8, 4) is 28.8 Å². The average molecular weight is 495 g/mol. The molecule has 2 amide bonds. The molecule has 3 heterocycles. The van der Waals surface area contributed by atoms with Crippen molar-refractivity contribution in [1.82, 2.24) is 14.7 Å². The van der Waals surface area contributed by atoms with Gasteiger partial charge < -0.3 is 9.47 Å². The first-order chi connectivity index (χ1) is 17.9. The van der Waals surface area contributed by atoms with Gasteiger partial charge in [-0.25, -0.2) is 4.68 Å². The van der Waals surface area contributed by atoms with Crippen LogP contribution in [0.4, 0.5) is 0 Å². The number of ether oxygens (including phenoxy) is 2. The summed E-state index contributed by atoms with van der Waals surface area (Å²) in [5.74, 6) is -0.203. The van der Waals surface area contributed by atoms with E-state index in [-0.39, 0.29) is 30.4 Å². The first-order valence-corrected chi connectivity index (χ1v) is 12.0. The van der Waals surface area contributed by atoms with E-state index < -0.39 is 11.8 Å². The number of amides is 2. The standard InChI is InChI=1S/C29H26N4O4/c1-18-13-21-14-20(9-10-26(21)37-18)27-22(17-33(31-27)23-7-5-4-6-8-23)15-24-19(2)25(16-30)29(35)32(28(24)34)11-12-36-3/h4-10,14-15,17-18H,11-13H2,1-3H3/b24-15+. The highest BCUT2D eigenvalue weighted by Crippen LogP contribution is 2.35. The molecule has 0 saturated carbocycles. The second-order valence-corrected chi connectivity index (χ2v) is 9.09. The van der Waals surface area contributed by atoms with Gasteiger partial charge in [0.15, 0.2) is 0 Å². The summed E-state index contributed by atoms with van der Waals surface area (Å²) in [6.45, 7) is 3.90. The number of para-hydroxylation sites is 1. The van der Waals surface area contributed by atoms with Gasteiger partial charge in [-0.2, -0.15) is 10.4 Å². The van der Waals surface area contributed by atoms with Gasteiger partial charge in [0.05, 0.1) is 24.5 Å². The fraction of sp³-hybridized carbons (Fsp3) is 0.241. The van der Waals surface area contributed by atoms with E-state index >= 15 is 0 Å². The number of nitrogens with zero attached hydrogens (tertiary/aromatic N) is 4. The molecule has 1 aromatic heterocycles. The lowest BCUT2D eigenvalue weighted by molar-refractivity contribution is -0.141. The predicted molar refractivity (Wildman–Crippen MR) is 138 cm³/mol. The Bertz CT molecular complexity index is 1490. The molecule has 0 radical (unpaired) electrons. The SMILES string of the molecule is COCCN1C(=O)C(C#N)=C(C)/C(=C\c2cn(-c3ccccc3)nc2-c2ccc3c(c2)CC(C)O3)C1=O. The van der Waals surface area contributed by atoms with E-state index in [9.17, 15) is 14.9 Å². The van der Waals surface area contributed by atoms with Crippen LogP contribution in [0, 0.1) is 11.3 Å². The fourth-order valence-electron chi connectivity index (χ4n) is 4.67. The monoisotopic (exact) mass is 494 g/mol. The van der Waals surface area contributed by atoms with Gasteiger partial charge in [-0.1, -0.05) is 18.2 Å². The number of hydrogen-bond acceptors (Lipinski definition) is 6. The zero-order chi connectivity index (χ0) is 26.1. The van der Waals surface area contributed by atoms with Gasteiger partial charge in [0, 0.05) is 36.4 Å². The number of carbonyl (C=O) groups is 2. The molecule has 0 bridgehead atoms. The Labute approximate surface area is 215 Å². The molecule has 5 rings (SSSR count). The van der Waals surface area contributed by atoms with Crippen LogP contribution in [0.25, 0.3) is 23.0 Å².